The number of hydrogen-bond acceptors (Lipinski definition) is 7. The van der Waals surface area contributed by atoms with Crippen molar-refractivity contribution in [1.29, 1.82) is 0 Å². The number of nitrogens with zero attached hydrogens (tertiary/aromatic N) is 4. The summed E-state index contributed by atoms with van der Waals surface area (Å²) in [7, 11) is 0. The van der Waals surface area contributed by atoms with E-state index in [1.165, 1.54) is 0 Å². The molecule has 0 aliphatic rings. The van der Waals surface area contributed by atoms with E-state index in [1.807, 2.05) is 13.8 Å². The minimum absolute atomic E-state index is 0.235. The van der Waals surface area contributed by atoms with Crippen LogP contribution < -0.4 is 5.73 Å². The number of aryl methyl sites for hydroxylation is 2. The SMILES string of the molecule is CCN(CC)CC(N)c1noc(-c2sc(C)nc2C)n1. The Labute approximate surface area is 123 Å². The molecular weight excluding hydrogens is 274 g/mol. The standard InChI is InChI=1S/C13H21N5OS/c1-5-18(6-2)7-10(14)12-16-13(19-17-12)11-8(3)15-9(4)20-11/h10H,5-7,14H2,1-4H3. The van der Waals surface area contributed by atoms with Crippen LogP contribution in [-0.4, -0.2) is 39.7 Å². The molecule has 0 saturated heterocycles. The molecule has 0 amide bonds. The molecule has 0 bridgehead atoms. The van der Waals surface area contributed by atoms with Gasteiger partial charge in [-0.25, -0.2) is 4.98 Å². The van der Waals surface area contributed by atoms with E-state index in [1.54, 1.807) is 11.3 Å². The molecule has 2 rings (SSSR count). The van der Waals surface area contributed by atoms with E-state index in [0.29, 0.717) is 11.7 Å². The summed E-state index contributed by atoms with van der Waals surface area (Å²) >= 11 is 1.56. The topological polar surface area (TPSA) is 81.1 Å². The van der Waals surface area contributed by atoms with Crippen LogP contribution in [0.3, 0.4) is 0 Å². The van der Waals surface area contributed by atoms with Gasteiger partial charge >= 0.3 is 0 Å². The number of likely N-dealkylation sites (N-methyl/N-ethyl adjacent to an activating group) is 1. The Morgan fingerprint density at radius 1 is 1.25 bits per heavy atom. The Morgan fingerprint density at radius 3 is 2.50 bits per heavy atom. The lowest BCUT2D eigenvalue weighted by Crippen LogP contribution is -2.32. The van der Waals surface area contributed by atoms with Gasteiger partial charge in [0.25, 0.3) is 5.89 Å². The van der Waals surface area contributed by atoms with Crippen molar-refractivity contribution in [3.05, 3.63) is 16.5 Å². The van der Waals surface area contributed by atoms with Gasteiger partial charge in [0.2, 0.25) is 0 Å². The van der Waals surface area contributed by atoms with Gasteiger partial charge in [-0.05, 0) is 26.9 Å². The maximum Gasteiger partial charge on any atom is 0.269 e. The molecule has 2 N–H and O–H groups in total. The van der Waals surface area contributed by atoms with Crippen molar-refractivity contribution in [1.82, 2.24) is 20.0 Å². The fraction of sp³-hybridized carbons (Fsp3) is 0.615. The summed E-state index contributed by atoms with van der Waals surface area (Å²) in [5, 5.41) is 5.00. The van der Waals surface area contributed by atoms with Crippen molar-refractivity contribution in [3.63, 3.8) is 0 Å². The van der Waals surface area contributed by atoms with Crippen LogP contribution >= 0.6 is 11.3 Å². The third-order valence-electron chi connectivity index (χ3n) is 3.22. The van der Waals surface area contributed by atoms with Crippen molar-refractivity contribution >= 4 is 11.3 Å². The lowest BCUT2D eigenvalue weighted by molar-refractivity contribution is 0.278. The summed E-state index contributed by atoms with van der Waals surface area (Å²) in [5.74, 6) is 1.07. The molecule has 0 radical (unpaired) electrons. The zero-order chi connectivity index (χ0) is 14.7. The van der Waals surface area contributed by atoms with E-state index in [0.717, 1.165) is 35.2 Å². The summed E-state index contributed by atoms with van der Waals surface area (Å²) in [4.78, 5) is 12.0. The van der Waals surface area contributed by atoms with E-state index in [4.69, 9.17) is 10.3 Å². The predicted molar refractivity (Wildman–Crippen MR) is 79.6 cm³/mol. The molecule has 0 spiro atoms. The zero-order valence-electron chi connectivity index (χ0n) is 12.4. The first-order valence-electron chi connectivity index (χ1n) is 6.81. The van der Waals surface area contributed by atoms with E-state index in [2.05, 4.69) is 33.9 Å². The number of nitrogens with two attached hydrogens (primary N) is 1. The Bertz CT molecular complexity index is 561. The Hall–Kier alpha value is -1.31. The van der Waals surface area contributed by atoms with Crippen molar-refractivity contribution in [3.8, 4) is 10.8 Å². The highest BCUT2D eigenvalue weighted by Crippen LogP contribution is 2.28. The molecule has 7 heteroatoms. The quantitative estimate of drug-likeness (QED) is 0.879. The fourth-order valence-corrected chi connectivity index (χ4v) is 2.89. The summed E-state index contributed by atoms with van der Waals surface area (Å²) in [6, 6.07) is -0.235. The average molecular weight is 295 g/mol. The predicted octanol–water partition coefficient (Wildman–Crippen LogP) is 2.15. The van der Waals surface area contributed by atoms with E-state index in [9.17, 15) is 0 Å². The van der Waals surface area contributed by atoms with Crippen LogP contribution in [0.2, 0.25) is 0 Å². The average Bonchev–Trinajstić information content (AvgIpc) is 3.02. The van der Waals surface area contributed by atoms with E-state index in [-0.39, 0.29) is 6.04 Å². The summed E-state index contributed by atoms with van der Waals surface area (Å²) in [6.07, 6.45) is 0. The molecule has 0 saturated carbocycles. The van der Waals surface area contributed by atoms with Gasteiger partial charge in [-0.1, -0.05) is 19.0 Å². The fourth-order valence-electron chi connectivity index (χ4n) is 2.05. The van der Waals surface area contributed by atoms with Crippen LogP contribution in [-0.2, 0) is 0 Å². The first kappa shape index (κ1) is 15.1. The molecule has 0 aromatic carbocycles. The summed E-state index contributed by atoms with van der Waals surface area (Å²) < 4.78 is 5.33. The van der Waals surface area contributed by atoms with Crippen molar-refractivity contribution in [2.45, 2.75) is 33.7 Å². The molecule has 1 unspecified atom stereocenters. The van der Waals surface area contributed by atoms with Crippen molar-refractivity contribution < 1.29 is 4.52 Å². The monoisotopic (exact) mass is 295 g/mol. The van der Waals surface area contributed by atoms with Gasteiger partial charge in [-0.2, -0.15) is 4.98 Å². The third-order valence-corrected chi connectivity index (χ3v) is 4.28. The molecule has 2 heterocycles. The van der Waals surface area contributed by atoms with Crippen LogP contribution in [0.25, 0.3) is 10.8 Å². The molecular formula is C13H21N5OS. The van der Waals surface area contributed by atoms with Gasteiger partial charge in [0.1, 0.15) is 4.88 Å². The van der Waals surface area contributed by atoms with Gasteiger partial charge in [-0.15, -0.1) is 11.3 Å². The smallest absolute Gasteiger partial charge is 0.269 e. The molecule has 110 valence electrons. The molecule has 0 aliphatic carbocycles. The second kappa shape index (κ2) is 6.43. The molecule has 1 atom stereocenters. The Morgan fingerprint density at radius 2 is 1.95 bits per heavy atom. The van der Waals surface area contributed by atoms with E-state index >= 15 is 0 Å². The van der Waals surface area contributed by atoms with Crippen LogP contribution in [0.5, 0.6) is 0 Å². The highest BCUT2D eigenvalue weighted by Gasteiger charge is 2.19. The van der Waals surface area contributed by atoms with Crippen molar-refractivity contribution in [2.75, 3.05) is 19.6 Å². The Kier molecular flexibility index (Phi) is 4.85. The lowest BCUT2D eigenvalue weighted by Gasteiger charge is -2.20. The zero-order valence-corrected chi connectivity index (χ0v) is 13.2. The summed E-state index contributed by atoms with van der Waals surface area (Å²) in [5.41, 5.74) is 7.06. The molecule has 6 nitrogen and oxygen atoms in total. The molecule has 20 heavy (non-hydrogen) atoms. The maximum absolute atomic E-state index is 6.14. The normalized spacial score (nSPS) is 13.1. The van der Waals surface area contributed by atoms with Crippen LogP contribution in [0.4, 0.5) is 0 Å². The first-order valence-corrected chi connectivity index (χ1v) is 7.62. The number of thiazole rings is 1. The van der Waals surface area contributed by atoms with Gasteiger partial charge < -0.3 is 15.2 Å². The molecule has 2 aromatic rings. The van der Waals surface area contributed by atoms with E-state index < -0.39 is 0 Å². The van der Waals surface area contributed by atoms with Gasteiger partial charge in [0.15, 0.2) is 5.82 Å². The lowest BCUT2D eigenvalue weighted by atomic mass is 10.2. The Balaban J connectivity index is 2.14. The number of aromatic nitrogens is 3. The number of rotatable bonds is 6. The van der Waals surface area contributed by atoms with Gasteiger partial charge in [-0.3, -0.25) is 0 Å². The molecule has 0 fully saturated rings. The minimum atomic E-state index is -0.235. The minimum Gasteiger partial charge on any atom is -0.333 e. The highest BCUT2D eigenvalue weighted by molar-refractivity contribution is 7.15. The first-order chi connectivity index (χ1) is 9.55. The largest absolute Gasteiger partial charge is 0.333 e. The van der Waals surface area contributed by atoms with Gasteiger partial charge in [0.05, 0.1) is 16.7 Å². The molecule has 0 aliphatic heterocycles. The highest BCUT2D eigenvalue weighted by atomic mass is 32.1. The third kappa shape index (κ3) is 3.23. The summed E-state index contributed by atoms with van der Waals surface area (Å²) in [6.45, 7) is 10.8. The second-order valence-electron chi connectivity index (χ2n) is 4.70. The second-order valence-corrected chi connectivity index (χ2v) is 5.90. The van der Waals surface area contributed by atoms with Crippen LogP contribution in [0.1, 0.15) is 36.4 Å². The van der Waals surface area contributed by atoms with Gasteiger partial charge in [0, 0.05) is 6.54 Å². The maximum atomic E-state index is 6.14. The molecule has 2 aromatic heterocycles. The van der Waals surface area contributed by atoms with Crippen LogP contribution in [0.15, 0.2) is 4.52 Å². The number of hydrogen-bond donors (Lipinski definition) is 1. The van der Waals surface area contributed by atoms with Crippen molar-refractivity contribution in [2.24, 2.45) is 5.73 Å². The van der Waals surface area contributed by atoms with Crippen LogP contribution in [0, 0.1) is 13.8 Å².